The lowest BCUT2D eigenvalue weighted by atomic mass is 9.99. The number of amides is 2. The van der Waals surface area contributed by atoms with E-state index in [1.165, 1.54) is 0 Å². The van der Waals surface area contributed by atoms with Crippen LogP contribution in [0.15, 0.2) is 0 Å². The summed E-state index contributed by atoms with van der Waals surface area (Å²) in [5.74, 6) is -0.786. The molecule has 0 aromatic rings. The van der Waals surface area contributed by atoms with E-state index in [-0.39, 0.29) is 18.4 Å². The molecule has 0 aromatic heterocycles. The predicted molar refractivity (Wildman–Crippen MR) is 49.6 cm³/mol. The summed E-state index contributed by atoms with van der Waals surface area (Å²) in [5, 5.41) is 2.36. The second-order valence-electron chi connectivity index (χ2n) is 3.10. The standard InChI is InChI=1S/C8H17N3O2/c1-3-5(2)7(10)8(13)11-4-6(9)12/h5,7H,3-4,10H2,1-2H3,(H2,9,12)(H,11,13). The fraction of sp³-hybridized carbons (Fsp3) is 0.750. The van der Waals surface area contributed by atoms with E-state index in [2.05, 4.69) is 5.32 Å². The summed E-state index contributed by atoms with van der Waals surface area (Å²) in [6.45, 7) is 3.68. The van der Waals surface area contributed by atoms with Crippen LogP contribution in [0.4, 0.5) is 0 Å². The van der Waals surface area contributed by atoms with Crippen molar-refractivity contribution in [3.05, 3.63) is 0 Å². The molecule has 0 fully saturated rings. The van der Waals surface area contributed by atoms with Crippen LogP contribution in [0.3, 0.4) is 0 Å². The topological polar surface area (TPSA) is 98.2 Å². The van der Waals surface area contributed by atoms with Crippen molar-refractivity contribution < 1.29 is 9.59 Å². The molecule has 0 heterocycles. The van der Waals surface area contributed by atoms with Crippen LogP contribution >= 0.6 is 0 Å². The molecular formula is C8H17N3O2. The summed E-state index contributed by atoms with van der Waals surface area (Å²) in [6, 6.07) is -0.565. The fourth-order valence-electron chi connectivity index (χ4n) is 0.804. The molecule has 13 heavy (non-hydrogen) atoms. The summed E-state index contributed by atoms with van der Waals surface area (Å²) in [7, 11) is 0. The van der Waals surface area contributed by atoms with Crippen LogP contribution in [0.2, 0.25) is 0 Å². The Morgan fingerprint density at radius 3 is 2.38 bits per heavy atom. The number of carbonyl (C=O) groups excluding carboxylic acids is 2. The molecule has 0 aliphatic heterocycles. The first-order chi connectivity index (χ1) is 5.99. The maximum atomic E-state index is 11.2. The molecular weight excluding hydrogens is 170 g/mol. The summed E-state index contributed by atoms with van der Waals surface area (Å²) in [6.07, 6.45) is 0.825. The lowest BCUT2D eigenvalue weighted by Gasteiger charge is -2.16. The van der Waals surface area contributed by atoms with Gasteiger partial charge in [0.15, 0.2) is 0 Å². The molecule has 2 amide bonds. The molecule has 5 heteroatoms. The van der Waals surface area contributed by atoms with Crippen molar-refractivity contribution in [1.29, 1.82) is 0 Å². The van der Waals surface area contributed by atoms with E-state index in [1.54, 1.807) is 0 Å². The van der Waals surface area contributed by atoms with Gasteiger partial charge in [-0.3, -0.25) is 9.59 Å². The minimum absolute atomic E-state index is 0.105. The third kappa shape index (κ3) is 4.47. The zero-order valence-corrected chi connectivity index (χ0v) is 8.04. The van der Waals surface area contributed by atoms with E-state index in [4.69, 9.17) is 11.5 Å². The van der Waals surface area contributed by atoms with E-state index < -0.39 is 11.9 Å². The molecule has 76 valence electrons. The van der Waals surface area contributed by atoms with E-state index in [0.29, 0.717) is 0 Å². The van der Waals surface area contributed by atoms with E-state index in [0.717, 1.165) is 6.42 Å². The highest BCUT2D eigenvalue weighted by Crippen LogP contribution is 2.04. The molecule has 0 rings (SSSR count). The molecule has 0 aromatic carbocycles. The molecule has 2 unspecified atom stereocenters. The number of primary amides is 1. The van der Waals surface area contributed by atoms with E-state index >= 15 is 0 Å². The van der Waals surface area contributed by atoms with Gasteiger partial charge >= 0.3 is 0 Å². The highest BCUT2D eigenvalue weighted by Gasteiger charge is 2.18. The van der Waals surface area contributed by atoms with Crippen molar-refractivity contribution in [1.82, 2.24) is 5.32 Å². The number of rotatable bonds is 5. The fourth-order valence-corrected chi connectivity index (χ4v) is 0.804. The van der Waals surface area contributed by atoms with Crippen LogP contribution in [0.5, 0.6) is 0 Å². The molecule has 5 N–H and O–H groups in total. The summed E-state index contributed by atoms with van der Waals surface area (Å²) < 4.78 is 0. The number of nitrogens with two attached hydrogens (primary N) is 2. The van der Waals surface area contributed by atoms with Crippen LogP contribution in [-0.2, 0) is 9.59 Å². The summed E-state index contributed by atoms with van der Waals surface area (Å²) in [4.78, 5) is 21.5. The van der Waals surface area contributed by atoms with Gasteiger partial charge in [-0.05, 0) is 5.92 Å². The Labute approximate surface area is 77.8 Å². The van der Waals surface area contributed by atoms with Crippen molar-refractivity contribution in [3.8, 4) is 0 Å². The quantitative estimate of drug-likeness (QED) is 0.512. The van der Waals surface area contributed by atoms with Gasteiger partial charge in [0.05, 0.1) is 12.6 Å². The van der Waals surface area contributed by atoms with Crippen molar-refractivity contribution >= 4 is 11.8 Å². The average molecular weight is 187 g/mol. The molecule has 5 nitrogen and oxygen atoms in total. The van der Waals surface area contributed by atoms with Crippen LogP contribution < -0.4 is 16.8 Å². The predicted octanol–water partition coefficient (Wildman–Crippen LogP) is -1.04. The van der Waals surface area contributed by atoms with Crippen molar-refractivity contribution in [2.45, 2.75) is 26.3 Å². The highest BCUT2D eigenvalue weighted by molar-refractivity contribution is 5.86. The maximum absolute atomic E-state index is 11.2. The zero-order chi connectivity index (χ0) is 10.4. The van der Waals surface area contributed by atoms with Crippen molar-refractivity contribution in [2.75, 3.05) is 6.54 Å². The SMILES string of the molecule is CCC(C)C(N)C(=O)NCC(N)=O. The summed E-state index contributed by atoms with van der Waals surface area (Å²) in [5.41, 5.74) is 10.4. The van der Waals surface area contributed by atoms with Gasteiger partial charge in [-0.1, -0.05) is 20.3 Å². The normalized spacial score (nSPS) is 14.7. The molecule has 2 atom stereocenters. The monoisotopic (exact) mass is 187 g/mol. The van der Waals surface area contributed by atoms with Crippen molar-refractivity contribution in [2.24, 2.45) is 17.4 Å². The van der Waals surface area contributed by atoms with Crippen LogP contribution in [0, 0.1) is 5.92 Å². The maximum Gasteiger partial charge on any atom is 0.237 e. The largest absolute Gasteiger partial charge is 0.368 e. The minimum atomic E-state index is -0.565. The molecule has 0 aliphatic rings. The Kier molecular flexibility index (Phi) is 5.06. The van der Waals surface area contributed by atoms with Crippen molar-refractivity contribution in [3.63, 3.8) is 0 Å². The minimum Gasteiger partial charge on any atom is -0.368 e. The van der Waals surface area contributed by atoms with E-state index in [9.17, 15) is 9.59 Å². The first-order valence-corrected chi connectivity index (χ1v) is 4.30. The van der Waals surface area contributed by atoms with Crippen LogP contribution in [0.1, 0.15) is 20.3 Å². The average Bonchev–Trinajstić information content (AvgIpc) is 2.11. The Bertz CT molecular complexity index is 194. The summed E-state index contributed by atoms with van der Waals surface area (Å²) >= 11 is 0. The van der Waals surface area contributed by atoms with Gasteiger partial charge in [0, 0.05) is 0 Å². The second-order valence-corrected chi connectivity index (χ2v) is 3.10. The van der Waals surface area contributed by atoms with Gasteiger partial charge in [0.1, 0.15) is 0 Å². The van der Waals surface area contributed by atoms with Crippen LogP contribution in [0.25, 0.3) is 0 Å². The lowest BCUT2D eigenvalue weighted by Crippen LogP contribution is -2.46. The smallest absolute Gasteiger partial charge is 0.237 e. The molecule has 0 spiro atoms. The van der Waals surface area contributed by atoms with Crippen LogP contribution in [-0.4, -0.2) is 24.4 Å². The van der Waals surface area contributed by atoms with Gasteiger partial charge in [0.2, 0.25) is 11.8 Å². The Morgan fingerprint density at radius 2 is 2.00 bits per heavy atom. The lowest BCUT2D eigenvalue weighted by molar-refractivity contribution is -0.126. The van der Waals surface area contributed by atoms with Gasteiger partial charge in [-0.25, -0.2) is 0 Å². The van der Waals surface area contributed by atoms with E-state index in [1.807, 2.05) is 13.8 Å². The highest BCUT2D eigenvalue weighted by atomic mass is 16.2. The third-order valence-corrected chi connectivity index (χ3v) is 2.00. The Balaban J connectivity index is 3.89. The number of carbonyl (C=O) groups is 2. The molecule has 0 saturated heterocycles. The Hall–Kier alpha value is -1.10. The van der Waals surface area contributed by atoms with Gasteiger partial charge in [0.25, 0.3) is 0 Å². The molecule has 0 radical (unpaired) electrons. The number of hydrogen-bond acceptors (Lipinski definition) is 3. The Morgan fingerprint density at radius 1 is 1.46 bits per heavy atom. The van der Waals surface area contributed by atoms with Gasteiger partial charge in [-0.15, -0.1) is 0 Å². The van der Waals surface area contributed by atoms with Gasteiger partial charge < -0.3 is 16.8 Å². The zero-order valence-electron chi connectivity index (χ0n) is 8.04. The molecule has 0 bridgehead atoms. The van der Waals surface area contributed by atoms with Gasteiger partial charge in [-0.2, -0.15) is 0 Å². The number of nitrogens with one attached hydrogen (secondary N) is 1. The number of hydrogen-bond donors (Lipinski definition) is 3. The third-order valence-electron chi connectivity index (χ3n) is 2.00. The molecule has 0 aliphatic carbocycles. The first-order valence-electron chi connectivity index (χ1n) is 4.30. The first kappa shape index (κ1) is 11.9. The molecule has 0 saturated carbocycles. The second kappa shape index (κ2) is 5.53.